The van der Waals surface area contributed by atoms with Gasteiger partial charge in [0.15, 0.2) is 0 Å². The molecule has 3 aromatic carbocycles. The maximum absolute atomic E-state index is 14.9. The van der Waals surface area contributed by atoms with Gasteiger partial charge in [0.05, 0.1) is 6.67 Å². The number of benzene rings is 3. The highest BCUT2D eigenvalue weighted by molar-refractivity contribution is 6.36. The summed E-state index contributed by atoms with van der Waals surface area (Å²) in [5.41, 5.74) is 7.22. The highest BCUT2D eigenvalue weighted by Gasteiger charge is 2.27. The molecular weight excluding hydrogens is 483 g/mol. The Morgan fingerprint density at radius 1 is 0.914 bits per heavy atom. The molecule has 1 aliphatic carbocycles. The average molecular weight is 512 g/mol. The van der Waals surface area contributed by atoms with Crippen LogP contribution in [0.2, 0.25) is 10.0 Å². The van der Waals surface area contributed by atoms with Crippen molar-refractivity contribution in [1.82, 2.24) is 4.90 Å². The Kier molecular flexibility index (Phi) is 7.57. The van der Waals surface area contributed by atoms with Gasteiger partial charge in [-0.15, -0.1) is 0 Å². The zero-order valence-corrected chi connectivity index (χ0v) is 21.2. The van der Waals surface area contributed by atoms with Crippen LogP contribution in [0.25, 0.3) is 11.1 Å². The number of allylic oxidation sites excluding steroid dienone is 1. The normalized spacial score (nSPS) is 16.7. The van der Waals surface area contributed by atoms with E-state index >= 15 is 0 Å². The molecule has 2 aliphatic rings. The third-order valence-electron chi connectivity index (χ3n) is 7.21. The van der Waals surface area contributed by atoms with E-state index in [2.05, 4.69) is 29.2 Å². The van der Waals surface area contributed by atoms with E-state index in [1.54, 1.807) is 18.2 Å². The summed E-state index contributed by atoms with van der Waals surface area (Å²) in [5, 5.41) is 1.22. The Morgan fingerprint density at radius 2 is 1.71 bits per heavy atom. The van der Waals surface area contributed by atoms with Crippen LogP contribution in [0.4, 0.5) is 8.78 Å². The van der Waals surface area contributed by atoms with Gasteiger partial charge in [0.2, 0.25) is 0 Å². The lowest BCUT2D eigenvalue weighted by Gasteiger charge is -2.39. The van der Waals surface area contributed by atoms with Gasteiger partial charge in [-0.25, -0.2) is 4.39 Å². The lowest BCUT2D eigenvalue weighted by atomic mass is 9.86. The first-order chi connectivity index (χ1) is 17.0. The van der Waals surface area contributed by atoms with Gasteiger partial charge in [0.25, 0.3) is 0 Å². The van der Waals surface area contributed by atoms with Gasteiger partial charge in [-0.1, -0.05) is 65.7 Å². The first kappa shape index (κ1) is 24.5. The van der Waals surface area contributed by atoms with Crippen molar-refractivity contribution >= 4 is 34.3 Å². The molecule has 1 heterocycles. The highest BCUT2D eigenvalue weighted by atomic mass is 35.5. The molecule has 1 aliphatic heterocycles. The Balaban J connectivity index is 1.49. The van der Waals surface area contributed by atoms with Gasteiger partial charge in [0.1, 0.15) is 5.82 Å². The van der Waals surface area contributed by atoms with Crippen LogP contribution in [0.1, 0.15) is 47.1 Å². The molecule has 1 saturated heterocycles. The van der Waals surface area contributed by atoms with Crippen LogP contribution in [-0.2, 0) is 12.8 Å². The predicted molar refractivity (Wildman–Crippen MR) is 142 cm³/mol. The summed E-state index contributed by atoms with van der Waals surface area (Å²) in [5.74, 6) is 0.471. The predicted octanol–water partition coefficient (Wildman–Crippen LogP) is 8.26. The molecule has 0 saturated carbocycles. The van der Waals surface area contributed by atoms with Crippen molar-refractivity contribution in [2.45, 2.75) is 32.1 Å². The first-order valence-electron chi connectivity index (χ1n) is 12.4. The summed E-state index contributed by atoms with van der Waals surface area (Å²) < 4.78 is 27.3. The van der Waals surface area contributed by atoms with Crippen molar-refractivity contribution in [1.29, 1.82) is 0 Å². The molecule has 0 amide bonds. The monoisotopic (exact) mass is 511 g/mol. The van der Waals surface area contributed by atoms with Crippen LogP contribution < -0.4 is 0 Å². The van der Waals surface area contributed by atoms with Gasteiger partial charge in [0, 0.05) is 29.7 Å². The molecule has 0 radical (unpaired) electrons. The first-order valence-corrected chi connectivity index (χ1v) is 13.1. The van der Waals surface area contributed by atoms with Crippen molar-refractivity contribution in [3.8, 4) is 0 Å². The third-order valence-corrected chi connectivity index (χ3v) is 7.76. The molecule has 0 N–H and O–H groups in total. The fraction of sp³-hybridized carbons (Fsp3) is 0.333. The number of hydrogen-bond acceptors (Lipinski definition) is 1. The van der Waals surface area contributed by atoms with Crippen molar-refractivity contribution < 1.29 is 8.78 Å². The summed E-state index contributed by atoms with van der Waals surface area (Å²) >= 11 is 12.8. The fourth-order valence-electron chi connectivity index (χ4n) is 5.52. The van der Waals surface area contributed by atoms with Crippen molar-refractivity contribution in [2.24, 2.45) is 5.92 Å². The Morgan fingerprint density at radius 3 is 2.46 bits per heavy atom. The van der Waals surface area contributed by atoms with Crippen molar-refractivity contribution in [3.63, 3.8) is 0 Å². The molecule has 1 fully saturated rings. The van der Waals surface area contributed by atoms with E-state index in [0.717, 1.165) is 72.3 Å². The second-order valence-corrected chi connectivity index (χ2v) is 10.5. The number of halogens is 4. The standard InChI is InChI=1S/C30H29Cl2F2N/c31-23-12-13-24(28(32)17-23)26-5-1-4-25-27(6-2-7-29(25)34)30(26)22-10-8-20(9-11-22)16-21-18-35(19-21)15-3-14-33/h2,6-13,17,21H,1,3-5,14-16,18-19H2. The summed E-state index contributed by atoms with van der Waals surface area (Å²) in [7, 11) is 0. The average Bonchev–Trinajstić information content (AvgIpc) is 3.01. The summed E-state index contributed by atoms with van der Waals surface area (Å²) in [6.07, 6.45) is 4.00. The fourth-order valence-corrected chi connectivity index (χ4v) is 6.04. The minimum atomic E-state index is -0.241. The van der Waals surface area contributed by atoms with Crippen LogP contribution in [-0.4, -0.2) is 31.2 Å². The zero-order valence-electron chi connectivity index (χ0n) is 19.7. The summed E-state index contributed by atoms with van der Waals surface area (Å²) in [6.45, 7) is 2.69. The van der Waals surface area contributed by atoms with Gasteiger partial charge >= 0.3 is 0 Å². The molecule has 3 aromatic rings. The maximum atomic E-state index is 14.9. The van der Waals surface area contributed by atoms with E-state index in [1.165, 1.54) is 5.56 Å². The molecule has 1 nitrogen and oxygen atoms in total. The zero-order chi connectivity index (χ0) is 24.4. The largest absolute Gasteiger partial charge is 0.303 e. The summed E-state index contributed by atoms with van der Waals surface area (Å²) in [6, 6.07) is 19.7. The minimum Gasteiger partial charge on any atom is -0.303 e. The molecule has 0 unspecified atom stereocenters. The van der Waals surface area contributed by atoms with E-state index in [4.69, 9.17) is 23.2 Å². The van der Waals surface area contributed by atoms with Crippen LogP contribution in [0, 0.1) is 11.7 Å². The summed E-state index contributed by atoms with van der Waals surface area (Å²) in [4.78, 5) is 2.32. The number of rotatable bonds is 7. The quantitative estimate of drug-likeness (QED) is 0.308. The minimum absolute atomic E-state index is 0.151. The maximum Gasteiger partial charge on any atom is 0.127 e. The number of nitrogens with zero attached hydrogens (tertiary/aromatic N) is 1. The van der Waals surface area contributed by atoms with E-state index in [1.807, 2.05) is 18.2 Å². The Labute approximate surface area is 216 Å². The van der Waals surface area contributed by atoms with E-state index < -0.39 is 0 Å². The van der Waals surface area contributed by atoms with Gasteiger partial charge < -0.3 is 4.90 Å². The lowest BCUT2D eigenvalue weighted by molar-refractivity contribution is 0.0968. The highest BCUT2D eigenvalue weighted by Crippen LogP contribution is 2.42. The van der Waals surface area contributed by atoms with E-state index in [0.29, 0.717) is 28.8 Å². The Hall–Kier alpha value is -2.20. The molecular formula is C30H29Cl2F2N. The van der Waals surface area contributed by atoms with Crippen LogP contribution in [0.3, 0.4) is 0 Å². The van der Waals surface area contributed by atoms with Crippen LogP contribution >= 0.6 is 23.2 Å². The Bertz CT molecular complexity index is 1230. The van der Waals surface area contributed by atoms with Crippen LogP contribution in [0.15, 0.2) is 60.7 Å². The molecule has 0 aromatic heterocycles. The van der Waals surface area contributed by atoms with Crippen LogP contribution in [0.5, 0.6) is 0 Å². The number of fused-ring (bicyclic) bond motifs is 1. The lowest BCUT2D eigenvalue weighted by Crippen LogP contribution is -2.47. The van der Waals surface area contributed by atoms with E-state index in [-0.39, 0.29) is 12.5 Å². The molecule has 5 heteroatoms. The number of likely N-dealkylation sites (tertiary alicyclic amines) is 1. The second-order valence-electron chi connectivity index (χ2n) is 9.67. The smallest absolute Gasteiger partial charge is 0.127 e. The molecule has 0 spiro atoms. The molecule has 5 rings (SSSR count). The number of hydrogen-bond donors (Lipinski definition) is 0. The molecule has 182 valence electrons. The van der Waals surface area contributed by atoms with Crippen molar-refractivity contribution in [2.75, 3.05) is 26.3 Å². The topological polar surface area (TPSA) is 3.24 Å². The van der Waals surface area contributed by atoms with E-state index in [9.17, 15) is 8.78 Å². The van der Waals surface area contributed by atoms with Crippen molar-refractivity contribution in [3.05, 3.63) is 104 Å². The SMILES string of the molecule is FCCCN1CC(Cc2ccc(C3=C(c4ccc(Cl)cc4Cl)CCCc4c(F)cccc43)cc2)C1. The third kappa shape index (κ3) is 5.33. The van der Waals surface area contributed by atoms with Gasteiger partial charge in [-0.05, 0) is 95.2 Å². The number of alkyl halides is 1. The molecule has 0 atom stereocenters. The molecule has 35 heavy (non-hydrogen) atoms. The van der Waals surface area contributed by atoms with Gasteiger partial charge in [-0.3, -0.25) is 4.39 Å². The molecule has 0 bridgehead atoms. The van der Waals surface area contributed by atoms with Gasteiger partial charge in [-0.2, -0.15) is 0 Å². The second kappa shape index (κ2) is 10.8.